The van der Waals surface area contributed by atoms with Crippen molar-refractivity contribution in [3.63, 3.8) is 0 Å². The van der Waals surface area contributed by atoms with Crippen LogP contribution in [0.4, 0.5) is 0 Å². The third kappa shape index (κ3) is 3.40. The first-order valence-corrected chi connectivity index (χ1v) is 9.40. The van der Waals surface area contributed by atoms with Crippen LogP contribution >= 0.6 is 0 Å². The molecule has 1 N–H and O–H groups in total. The van der Waals surface area contributed by atoms with Gasteiger partial charge in [0.05, 0.1) is 18.1 Å². The van der Waals surface area contributed by atoms with Crippen molar-refractivity contribution in [1.29, 1.82) is 0 Å². The van der Waals surface area contributed by atoms with Crippen molar-refractivity contribution >= 4 is 26.6 Å². The minimum Gasteiger partial charge on any atom is -0.383 e. The predicted octanol–water partition coefficient (Wildman–Crippen LogP) is 1.44. The fraction of sp³-hybridized carbons (Fsp3) is 0.438. The van der Waals surface area contributed by atoms with Crippen LogP contribution in [0.25, 0.3) is 10.9 Å². The Hall–Kier alpha value is -1.86. The number of para-hydroxylation sites is 1. The number of nitrogens with zero attached hydrogens (tertiary/aromatic N) is 1. The van der Waals surface area contributed by atoms with Gasteiger partial charge >= 0.3 is 0 Å². The summed E-state index contributed by atoms with van der Waals surface area (Å²) < 4.78 is 28.6. The number of hydrogen-bond acceptors (Lipinski definition) is 4. The van der Waals surface area contributed by atoms with E-state index in [1.807, 2.05) is 24.3 Å². The van der Waals surface area contributed by atoms with E-state index in [0.29, 0.717) is 25.3 Å². The predicted molar refractivity (Wildman–Crippen MR) is 88.3 cm³/mol. The first kappa shape index (κ1) is 16.0. The Labute approximate surface area is 135 Å². The molecule has 1 atom stereocenters. The SMILES string of the molecule is COCCN(C(=O)c1cc2ccccc2[nH]1)C1CCS(=O)(=O)C1. The zero-order valence-electron chi connectivity index (χ0n) is 13.0. The second-order valence-electron chi connectivity index (χ2n) is 5.82. The average Bonchev–Trinajstić information content (AvgIpc) is 3.10. The van der Waals surface area contributed by atoms with Crippen molar-refractivity contribution in [3.05, 3.63) is 36.0 Å². The zero-order chi connectivity index (χ0) is 16.4. The summed E-state index contributed by atoms with van der Waals surface area (Å²) >= 11 is 0. The molecule has 1 amide bonds. The molecule has 1 aromatic heterocycles. The van der Waals surface area contributed by atoms with Gasteiger partial charge in [-0.2, -0.15) is 0 Å². The summed E-state index contributed by atoms with van der Waals surface area (Å²) in [5, 5.41) is 0.960. The fourth-order valence-corrected chi connectivity index (χ4v) is 4.73. The van der Waals surface area contributed by atoms with Gasteiger partial charge in [-0.25, -0.2) is 8.42 Å². The molecule has 2 heterocycles. The highest BCUT2D eigenvalue weighted by Crippen LogP contribution is 2.21. The third-order valence-electron chi connectivity index (χ3n) is 4.21. The number of aromatic amines is 1. The molecule has 1 fully saturated rings. The molecule has 3 rings (SSSR count). The number of amides is 1. The summed E-state index contributed by atoms with van der Waals surface area (Å²) in [4.78, 5) is 17.6. The lowest BCUT2D eigenvalue weighted by Gasteiger charge is -2.27. The Balaban J connectivity index is 1.87. The lowest BCUT2D eigenvalue weighted by molar-refractivity contribution is 0.0619. The Morgan fingerprint density at radius 1 is 1.39 bits per heavy atom. The van der Waals surface area contributed by atoms with E-state index in [2.05, 4.69) is 4.98 Å². The summed E-state index contributed by atoms with van der Waals surface area (Å²) in [7, 11) is -1.48. The second-order valence-corrected chi connectivity index (χ2v) is 8.05. The molecule has 7 heteroatoms. The summed E-state index contributed by atoms with van der Waals surface area (Å²) in [6.45, 7) is 0.757. The monoisotopic (exact) mass is 336 g/mol. The van der Waals surface area contributed by atoms with Crippen molar-refractivity contribution in [2.24, 2.45) is 0 Å². The van der Waals surface area contributed by atoms with Crippen LogP contribution in [0, 0.1) is 0 Å². The molecule has 1 saturated heterocycles. The quantitative estimate of drug-likeness (QED) is 0.896. The zero-order valence-corrected chi connectivity index (χ0v) is 13.8. The van der Waals surface area contributed by atoms with Gasteiger partial charge in [0.15, 0.2) is 9.84 Å². The number of aromatic nitrogens is 1. The topological polar surface area (TPSA) is 79.5 Å². The molecule has 1 aliphatic rings. The van der Waals surface area contributed by atoms with Gasteiger partial charge in [-0.15, -0.1) is 0 Å². The Morgan fingerprint density at radius 3 is 2.83 bits per heavy atom. The highest BCUT2D eigenvalue weighted by molar-refractivity contribution is 7.91. The maximum atomic E-state index is 12.9. The van der Waals surface area contributed by atoms with E-state index in [0.717, 1.165) is 10.9 Å². The number of methoxy groups -OCH3 is 1. The van der Waals surface area contributed by atoms with Gasteiger partial charge in [-0.3, -0.25) is 4.79 Å². The number of carbonyl (C=O) groups is 1. The maximum Gasteiger partial charge on any atom is 0.270 e. The van der Waals surface area contributed by atoms with E-state index in [1.54, 1.807) is 18.1 Å². The van der Waals surface area contributed by atoms with Gasteiger partial charge in [0, 0.05) is 30.6 Å². The van der Waals surface area contributed by atoms with E-state index in [4.69, 9.17) is 4.74 Å². The van der Waals surface area contributed by atoms with Crippen LogP contribution in [0.1, 0.15) is 16.9 Å². The molecule has 2 aromatic rings. The normalized spacial score (nSPS) is 20.0. The lowest BCUT2D eigenvalue weighted by atomic mass is 10.2. The molecular formula is C16H20N2O4S. The number of ether oxygens (including phenoxy) is 1. The summed E-state index contributed by atoms with van der Waals surface area (Å²) in [6, 6.07) is 9.18. The Morgan fingerprint density at radius 2 is 2.17 bits per heavy atom. The van der Waals surface area contributed by atoms with Crippen LogP contribution in [0.3, 0.4) is 0 Å². The fourth-order valence-electron chi connectivity index (χ4n) is 3.00. The third-order valence-corrected chi connectivity index (χ3v) is 5.96. The van der Waals surface area contributed by atoms with Crippen LogP contribution in [-0.2, 0) is 14.6 Å². The van der Waals surface area contributed by atoms with Crippen LogP contribution in [0.2, 0.25) is 0 Å². The minimum absolute atomic E-state index is 0.0304. The number of hydrogen-bond donors (Lipinski definition) is 1. The Bertz CT molecular complexity index is 779. The molecule has 0 spiro atoms. The summed E-state index contributed by atoms with van der Waals surface area (Å²) in [6.07, 6.45) is 0.484. The molecule has 0 saturated carbocycles. The van der Waals surface area contributed by atoms with Crippen molar-refractivity contribution in [2.45, 2.75) is 12.5 Å². The van der Waals surface area contributed by atoms with E-state index in [-0.39, 0.29) is 23.5 Å². The molecule has 1 unspecified atom stereocenters. The van der Waals surface area contributed by atoms with Crippen molar-refractivity contribution in [3.8, 4) is 0 Å². The molecule has 23 heavy (non-hydrogen) atoms. The highest BCUT2D eigenvalue weighted by Gasteiger charge is 2.35. The number of sulfone groups is 1. The molecule has 0 aliphatic carbocycles. The van der Waals surface area contributed by atoms with Crippen molar-refractivity contribution < 1.29 is 17.9 Å². The largest absolute Gasteiger partial charge is 0.383 e. The number of rotatable bonds is 5. The molecule has 1 aliphatic heterocycles. The van der Waals surface area contributed by atoms with Gasteiger partial charge < -0.3 is 14.6 Å². The molecular weight excluding hydrogens is 316 g/mol. The smallest absolute Gasteiger partial charge is 0.270 e. The van der Waals surface area contributed by atoms with Gasteiger partial charge in [-0.1, -0.05) is 18.2 Å². The van der Waals surface area contributed by atoms with Gasteiger partial charge in [0.2, 0.25) is 0 Å². The number of carbonyl (C=O) groups excluding carboxylic acids is 1. The second kappa shape index (κ2) is 6.33. The van der Waals surface area contributed by atoms with E-state index < -0.39 is 9.84 Å². The highest BCUT2D eigenvalue weighted by atomic mass is 32.2. The van der Waals surface area contributed by atoms with E-state index >= 15 is 0 Å². The van der Waals surface area contributed by atoms with Gasteiger partial charge in [-0.05, 0) is 18.6 Å². The molecule has 1 aromatic carbocycles. The van der Waals surface area contributed by atoms with Crippen LogP contribution < -0.4 is 0 Å². The average molecular weight is 336 g/mol. The molecule has 6 nitrogen and oxygen atoms in total. The number of H-pyrrole nitrogens is 1. The van der Waals surface area contributed by atoms with Gasteiger partial charge in [0.25, 0.3) is 5.91 Å². The molecule has 0 radical (unpaired) electrons. The van der Waals surface area contributed by atoms with E-state index in [9.17, 15) is 13.2 Å². The van der Waals surface area contributed by atoms with Crippen LogP contribution in [0.15, 0.2) is 30.3 Å². The van der Waals surface area contributed by atoms with Crippen LogP contribution in [0.5, 0.6) is 0 Å². The summed E-state index contributed by atoms with van der Waals surface area (Å²) in [5.41, 5.74) is 1.37. The lowest BCUT2D eigenvalue weighted by Crippen LogP contribution is -2.43. The minimum atomic E-state index is -3.05. The number of benzene rings is 1. The van der Waals surface area contributed by atoms with Crippen LogP contribution in [-0.4, -0.2) is 62.0 Å². The maximum absolute atomic E-state index is 12.9. The first-order chi connectivity index (χ1) is 11.0. The van der Waals surface area contributed by atoms with Gasteiger partial charge in [0.1, 0.15) is 5.69 Å². The van der Waals surface area contributed by atoms with Crippen molar-refractivity contribution in [2.75, 3.05) is 31.8 Å². The Kier molecular flexibility index (Phi) is 4.41. The standard InChI is InChI=1S/C16H20N2O4S/c1-22-8-7-18(13-6-9-23(20,21)11-13)16(19)15-10-12-4-2-3-5-14(12)17-15/h2-5,10,13,17H,6-9,11H2,1H3. The first-order valence-electron chi connectivity index (χ1n) is 7.58. The van der Waals surface area contributed by atoms with Crippen molar-refractivity contribution in [1.82, 2.24) is 9.88 Å². The number of fused-ring (bicyclic) bond motifs is 1. The van der Waals surface area contributed by atoms with E-state index in [1.165, 1.54) is 0 Å². The number of nitrogens with one attached hydrogen (secondary N) is 1. The molecule has 0 bridgehead atoms. The molecule has 124 valence electrons. The summed E-state index contributed by atoms with van der Waals surface area (Å²) in [5.74, 6) is -0.00978.